The van der Waals surface area contributed by atoms with E-state index < -0.39 is 11.6 Å². The quantitative estimate of drug-likeness (QED) is 0.732. The summed E-state index contributed by atoms with van der Waals surface area (Å²) in [4.78, 5) is 37.8. The Balaban J connectivity index is 1.48. The van der Waals surface area contributed by atoms with E-state index in [0.29, 0.717) is 13.2 Å². The second-order valence-corrected chi connectivity index (χ2v) is 7.84. The monoisotopic (exact) mass is 388 g/mol. The standard InChI is InChI=1S/C19H28N6O3/c1-3-14-12-15(21-17(20-14)25-8-10-28-11-9-25)24-6-4-13(5-7-24)19(2)16(26)22-18(27)23-19/h12-13H,3-11H2,1-2H3,(H2,22,23,26,27). The summed E-state index contributed by atoms with van der Waals surface area (Å²) < 4.78 is 5.44. The Morgan fingerprint density at radius 2 is 1.86 bits per heavy atom. The Bertz CT molecular complexity index is 758. The topological polar surface area (TPSA) is 99.7 Å². The van der Waals surface area contributed by atoms with E-state index in [1.807, 2.05) is 6.92 Å². The van der Waals surface area contributed by atoms with Gasteiger partial charge in [0.25, 0.3) is 5.91 Å². The molecule has 2 N–H and O–H groups in total. The maximum absolute atomic E-state index is 12.2. The van der Waals surface area contributed by atoms with Crippen molar-refractivity contribution in [2.24, 2.45) is 5.92 Å². The lowest BCUT2D eigenvalue weighted by atomic mass is 9.79. The zero-order valence-corrected chi connectivity index (χ0v) is 16.5. The van der Waals surface area contributed by atoms with E-state index in [1.54, 1.807) is 0 Å². The third kappa shape index (κ3) is 3.50. The minimum Gasteiger partial charge on any atom is -0.378 e. The van der Waals surface area contributed by atoms with E-state index in [1.165, 1.54) is 0 Å². The molecule has 9 nitrogen and oxygen atoms in total. The van der Waals surface area contributed by atoms with Gasteiger partial charge in [-0.1, -0.05) is 6.92 Å². The fourth-order valence-electron chi connectivity index (χ4n) is 4.25. The molecule has 152 valence electrons. The molecule has 0 spiro atoms. The summed E-state index contributed by atoms with van der Waals surface area (Å²) in [7, 11) is 0. The summed E-state index contributed by atoms with van der Waals surface area (Å²) in [5.74, 6) is 1.60. The smallest absolute Gasteiger partial charge is 0.322 e. The van der Waals surface area contributed by atoms with Crippen LogP contribution < -0.4 is 20.4 Å². The second kappa shape index (κ2) is 7.54. The van der Waals surface area contributed by atoms with E-state index in [9.17, 15) is 9.59 Å². The molecule has 3 aliphatic rings. The normalized spacial score (nSPS) is 26.4. The lowest BCUT2D eigenvalue weighted by Gasteiger charge is -2.39. The highest BCUT2D eigenvalue weighted by molar-refractivity contribution is 6.06. The molecule has 9 heteroatoms. The Morgan fingerprint density at radius 1 is 1.14 bits per heavy atom. The number of morpholine rings is 1. The molecule has 1 unspecified atom stereocenters. The molecule has 0 aliphatic carbocycles. The van der Waals surface area contributed by atoms with Crippen LogP contribution in [0.25, 0.3) is 0 Å². The number of nitrogens with zero attached hydrogens (tertiary/aromatic N) is 4. The van der Waals surface area contributed by atoms with Crippen molar-refractivity contribution in [2.45, 2.75) is 38.6 Å². The molecule has 3 fully saturated rings. The van der Waals surface area contributed by atoms with Gasteiger partial charge in [0.05, 0.1) is 13.2 Å². The average molecular weight is 388 g/mol. The zero-order chi connectivity index (χ0) is 19.7. The number of rotatable bonds is 4. The number of ether oxygens (including phenoxy) is 1. The fourth-order valence-corrected chi connectivity index (χ4v) is 4.25. The molecule has 1 aromatic rings. The third-order valence-electron chi connectivity index (χ3n) is 6.12. The fraction of sp³-hybridized carbons (Fsp3) is 0.684. The molecule has 3 aliphatic heterocycles. The number of imide groups is 1. The van der Waals surface area contributed by atoms with Crippen molar-refractivity contribution in [2.75, 3.05) is 49.2 Å². The van der Waals surface area contributed by atoms with Crippen LogP contribution in [-0.4, -0.2) is 66.8 Å². The number of carbonyl (C=O) groups excluding carboxylic acids is 2. The highest BCUT2D eigenvalue weighted by Gasteiger charge is 2.48. The molecule has 4 heterocycles. The number of anilines is 2. The van der Waals surface area contributed by atoms with Gasteiger partial charge in [0.15, 0.2) is 0 Å². The van der Waals surface area contributed by atoms with Crippen LogP contribution in [-0.2, 0) is 16.0 Å². The van der Waals surface area contributed by atoms with Crippen LogP contribution in [0.4, 0.5) is 16.6 Å². The molecule has 0 aromatic carbocycles. The zero-order valence-electron chi connectivity index (χ0n) is 16.5. The van der Waals surface area contributed by atoms with Gasteiger partial charge in [-0.25, -0.2) is 9.78 Å². The van der Waals surface area contributed by atoms with E-state index >= 15 is 0 Å². The molecular formula is C19H28N6O3. The molecule has 1 atom stereocenters. The minimum absolute atomic E-state index is 0.112. The van der Waals surface area contributed by atoms with E-state index in [2.05, 4.69) is 33.4 Å². The maximum atomic E-state index is 12.2. The van der Waals surface area contributed by atoms with Gasteiger partial charge in [-0.3, -0.25) is 10.1 Å². The van der Waals surface area contributed by atoms with Crippen molar-refractivity contribution in [3.05, 3.63) is 11.8 Å². The summed E-state index contributed by atoms with van der Waals surface area (Å²) in [5.41, 5.74) is 0.213. The van der Waals surface area contributed by atoms with Gasteiger partial charge in [-0.15, -0.1) is 0 Å². The van der Waals surface area contributed by atoms with Crippen molar-refractivity contribution < 1.29 is 14.3 Å². The Hall–Kier alpha value is -2.42. The third-order valence-corrected chi connectivity index (χ3v) is 6.12. The summed E-state index contributed by atoms with van der Waals surface area (Å²) >= 11 is 0. The average Bonchev–Trinajstić information content (AvgIpc) is 3.00. The SMILES string of the molecule is CCc1cc(N2CCC(C3(C)NC(=O)NC3=O)CC2)nc(N2CCOCC2)n1. The predicted octanol–water partition coefficient (Wildman–Crippen LogP) is 0.690. The number of nitrogens with one attached hydrogen (secondary N) is 2. The van der Waals surface area contributed by atoms with E-state index in [-0.39, 0.29) is 11.8 Å². The van der Waals surface area contributed by atoms with Crippen LogP contribution in [0.2, 0.25) is 0 Å². The van der Waals surface area contributed by atoms with Crippen LogP contribution in [0.1, 0.15) is 32.4 Å². The summed E-state index contributed by atoms with van der Waals surface area (Å²) in [5, 5.41) is 5.18. The van der Waals surface area contributed by atoms with Crippen molar-refractivity contribution in [3.8, 4) is 0 Å². The first-order chi connectivity index (χ1) is 13.5. The second-order valence-electron chi connectivity index (χ2n) is 7.84. The van der Waals surface area contributed by atoms with Crippen molar-refractivity contribution in [1.29, 1.82) is 0 Å². The van der Waals surface area contributed by atoms with Crippen molar-refractivity contribution in [1.82, 2.24) is 20.6 Å². The van der Waals surface area contributed by atoms with Gasteiger partial charge < -0.3 is 19.9 Å². The molecule has 4 rings (SSSR count). The summed E-state index contributed by atoms with van der Waals surface area (Å²) in [6.45, 7) is 8.54. The van der Waals surface area contributed by atoms with Gasteiger partial charge >= 0.3 is 6.03 Å². The number of urea groups is 1. The Kier molecular flexibility index (Phi) is 5.09. The molecule has 3 amide bonds. The van der Waals surface area contributed by atoms with Crippen molar-refractivity contribution >= 4 is 23.7 Å². The summed E-state index contributed by atoms with van der Waals surface area (Å²) in [6.07, 6.45) is 2.50. The van der Waals surface area contributed by atoms with Crippen molar-refractivity contribution in [3.63, 3.8) is 0 Å². The summed E-state index contributed by atoms with van der Waals surface area (Å²) in [6, 6.07) is 1.67. The van der Waals surface area contributed by atoms with Crippen LogP contribution in [0.5, 0.6) is 0 Å². The first kappa shape index (κ1) is 18.9. The number of piperidine rings is 1. The number of aryl methyl sites for hydroxylation is 1. The molecule has 0 saturated carbocycles. The van der Waals surface area contributed by atoms with E-state index in [4.69, 9.17) is 14.7 Å². The van der Waals surface area contributed by atoms with Crippen LogP contribution in [0.15, 0.2) is 6.07 Å². The number of carbonyl (C=O) groups is 2. The maximum Gasteiger partial charge on any atom is 0.322 e. The molecular weight excluding hydrogens is 360 g/mol. The highest BCUT2D eigenvalue weighted by atomic mass is 16.5. The van der Waals surface area contributed by atoms with E-state index in [0.717, 1.165) is 62.9 Å². The number of hydrogen-bond acceptors (Lipinski definition) is 7. The number of hydrogen-bond donors (Lipinski definition) is 2. The van der Waals surface area contributed by atoms with Gasteiger partial charge in [-0.2, -0.15) is 4.98 Å². The number of amides is 3. The molecule has 1 aromatic heterocycles. The Morgan fingerprint density at radius 3 is 2.46 bits per heavy atom. The lowest BCUT2D eigenvalue weighted by Crippen LogP contribution is -2.54. The molecule has 0 radical (unpaired) electrons. The molecule has 0 bridgehead atoms. The molecule has 3 saturated heterocycles. The van der Waals surface area contributed by atoms with Gasteiger partial charge in [-0.05, 0) is 32.1 Å². The minimum atomic E-state index is -0.817. The predicted molar refractivity (Wildman–Crippen MR) is 104 cm³/mol. The largest absolute Gasteiger partial charge is 0.378 e. The van der Waals surface area contributed by atoms with Crippen LogP contribution >= 0.6 is 0 Å². The van der Waals surface area contributed by atoms with Crippen LogP contribution in [0, 0.1) is 5.92 Å². The van der Waals surface area contributed by atoms with Gasteiger partial charge in [0, 0.05) is 37.9 Å². The van der Waals surface area contributed by atoms with Crippen LogP contribution in [0.3, 0.4) is 0 Å². The molecule has 28 heavy (non-hydrogen) atoms. The Labute approximate surface area is 164 Å². The lowest BCUT2D eigenvalue weighted by molar-refractivity contribution is -0.125. The highest BCUT2D eigenvalue weighted by Crippen LogP contribution is 2.32. The first-order valence-electron chi connectivity index (χ1n) is 10.1. The van der Waals surface area contributed by atoms with Gasteiger partial charge in [0.1, 0.15) is 11.4 Å². The van der Waals surface area contributed by atoms with Gasteiger partial charge in [0.2, 0.25) is 5.95 Å². The first-order valence-corrected chi connectivity index (χ1v) is 10.1. The number of aromatic nitrogens is 2.